The van der Waals surface area contributed by atoms with Crippen molar-refractivity contribution in [2.75, 3.05) is 18.4 Å². The van der Waals surface area contributed by atoms with Gasteiger partial charge >= 0.3 is 0 Å². The third-order valence-corrected chi connectivity index (χ3v) is 6.27. The smallest absolute Gasteiger partial charge is 0.246 e. The van der Waals surface area contributed by atoms with Crippen LogP contribution in [0.1, 0.15) is 17.0 Å². The Balaban J connectivity index is 1.76. The molecule has 3 heterocycles. The lowest BCUT2D eigenvalue weighted by Gasteiger charge is -2.11. The van der Waals surface area contributed by atoms with Crippen molar-refractivity contribution in [2.45, 2.75) is 26.3 Å². The van der Waals surface area contributed by atoms with Gasteiger partial charge in [0.25, 0.3) is 0 Å². The summed E-state index contributed by atoms with van der Waals surface area (Å²) in [5, 5.41) is 10.9. The summed E-state index contributed by atoms with van der Waals surface area (Å²) in [4.78, 5) is 16.9. The van der Waals surface area contributed by atoms with Crippen molar-refractivity contribution >= 4 is 56.5 Å². The molecule has 0 saturated heterocycles. The quantitative estimate of drug-likeness (QED) is 0.687. The fourth-order valence-electron chi connectivity index (χ4n) is 3.50. The van der Waals surface area contributed by atoms with Crippen molar-refractivity contribution in [2.24, 2.45) is 0 Å². The number of aromatic nitrogens is 2. The van der Waals surface area contributed by atoms with E-state index < -0.39 is 0 Å². The Morgan fingerprint density at radius 2 is 2.15 bits per heavy atom. The van der Waals surface area contributed by atoms with Crippen LogP contribution >= 0.6 is 34.5 Å². The number of carbonyl (C=O) groups is 1. The van der Waals surface area contributed by atoms with Crippen LogP contribution in [0.15, 0.2) is 17.5 Å². The van der Waals surface area contributed by atoms with Crippen LogP contribution in [0.2, 0.25) is 10.0 Å². The zero-order valence-corrected chi connectivity index (χ0v) is 16.6. The summed E-state index contributed by atoms with van der Waals surface area (Å²) in [7, 11) is 0. The van der Waals surface area contributed by atoms with E-state index in [4.69, 9.17) is 23.2 Å². The van der Waals surface area contributed by atoms with Gasteiger partial charge in [-0.3, -0.25) is 4.79 Å². The SMILES string of the molecule is Cc1csc(NC(=O)Cn2c3c(c4ccc(Cl)c(Cl)c42)CCNCC3)n1. The molecule has 0 bridgehead atoms. The number of hydrogen-bond donors (Lipinski definition) is 2. The third-order valence-electron chi connectivity index (χ3n) is 4.60. The predicted octanol–water partition coefficient (Wildman–Crippen LogP) is 4.04. The molecule has 0 atom stereocenters. The fourth-order valence-corrected chi connectivity index (χ4v) is 4.62. The Hall–Kier alpha value is -1.60. The highest BCUT2D eigenvalue weighted by Crippen LogP contribution is 2.37. The van der Waals surface area contributed by atoms with E-state index in [1.54, 1.807) is 0 Å². The normalized spacial score (nSPS) is 14.3. The molecule has 0 saturated carbocycles. The number of amides is 1. The van der Waals surface area contributed by atoms with Crippen LogP contribution in [0.3, 0.4) is 0 Å². The summed E-state index contributed by atoms with van der Waals surface area (Å²) in [6.07, 6.45) is 1.76. The molecule has 1 amide bonds. The number of anilines is 1. The van der Waals surface area contributed by atoms with Crippen molar-refractivity contribution in [3.8, 4) is 0 Å². The second-order valence-electron chi connectivity index (χ2n) is 6.36. The lowest BCUT2D eigenvalue weighted by molar-refractivity contribution is -0.116. The van der Waals surface area contributed by atoms with Gasteiger partial charge in [0.2, 0.25) is 5.91 Å². The van der Waals surface area contributed by atoms with Gasteiger partial charge in [0, 0.05) is 29.4 Å². The first-order valence-corrected chi connectivity index (χ1v) is 10.1. The van der Waals surface area contributed by atoms with Gasteiger partial charge in [-0.15, -0.1) is 11.3 Å². The fraction of sp³-hybridized carbons (Fsp3) is 0.333. The minimum absolute atomic E-state index is 0.118. The maximum atomic E-state index is 12.6. The molecule has 1 aliphatic rings. The van der Waals surface area contributed by atoms with E-state index in [9.17, 15) is 4.79 Å². The Labute approximate surface area is 165 Å². The molecule has 1 aliphatic heterocycles. The zero-order chi connectivity index (χ0) is 18.3. The molecule has 136 valence electrons. The topological polar surface area (TPSA) is 59.0 Å². The summed E-state index contributed by atoms with van der Waals surface area (Å²) in [5.74, 6) is -0.118. The molecule has 0 aliphatic carbocycles. The molecule has 26 heavy (non-hydrogen) atoms. The van der Waals surface area contributed by atoms with Gasteiger partial charge in [-0.25, -0.2) is 4.98 Å². The average Bonchev–Trinajstić information content (AvgIpc) is 3.02. The van der Waals surface area contributed by atoms with Crippen LogP contribution in [0, 0.1) is 6.92 Å². The van der Waals surface area contributed by atoms with Crippen molar-refractivity contribution in [1.29, 1.82) is 0 Å². The molecule has 5 nitrogen and oxygen atoms in total. The monoisotopic (exact) mass is 408 g/mol. The summed E-state index contributed by atoms with van der Waals surface area (Å²) in [5.41, 5.74) is 4.14. The van der Waals surface area contributed by atoms with Crippen LogP contribution in [0.25, 0.3) is 10.9 Å². The van der Waals surface area contributed by atoms with Gasteiger partial charge in [-0.05, 0) is 31.5 Å². The largest absolute Gasteiger partial charge is 0.334 e. The molecule has 2 aromatic heterocycles. The number of thiazole rings is 1. The first-order chi connectivity index (χ1) is 12.5. The van der Waals surface area contributed by atoms with Crippen LogP contribution in [0.5, 0.6) is 0 Å². The number of hydrogen-bond acceptors (Lipinski definition) is 4. The Morgan fingerprint density at radius 3 is 2.92 bits per heavy atom. The summed E-state index contributed by atoms with van der Waals surface area (Å²) >= 11 is 14.2. The van der Waals surface area contributed by atoms with Crippen molar-refractivity contribution < 1.29 is 4.79 Å². The van der Waals surface area contributed by atoms with Gasteiger partial charge in [-0.1, -0.05) is 29.3 Å². The van der Waals surface area contributed by atoms with Crippen molar-refractivity contribution in [3.63, 3.8) is 0 Å². The minimum atomic E-state index is -0.118. The molecule has 0 fully saturated rings. The molecular weight excluding hydrogens is 391 g/mol. The lowest BCUT2D eigenvalue weighted by Crippen LogP contribution is -2.21. The van der Waals surface area contributed by atoms with E-state index in [1.807, 2.05) is 29.0 Å². The van der Waals surface area contributed by atoms with Crippen LogP contribution in [-0.4, -0.2) is 28.5 Å². The number of aryl methyl sites for hydroxylation is 1. The van der Waals surface area contributed by atoms with Crippen molar-refractivity contribution in [1.82, 2.24) is 14.9 Å². The van der Waals surface area contributed by atoms with Gasteiger partial charge in [0.05, 0.1) is 21.3 Å². The summed E-state index contributed by atoms with van der Waals surface area (Å²) in [6.45, 7) is 3.88. The third kappa shape index (κ3) is 3.22. The number of carbonyl (C=O) groups excluding carboxylic acids is 1. The number of nitrogens with zero attached hydrogens (tertiary/aromatic N) is 2. The number of halogens is 2. The number of fused-ring (bicyclic) bond motifs is 3. The van der Waals surface area contributed by atoms with E-state index in [0.29, 0.717) is 15.2 Å². The van der Waals surface area contributed by atoms with E-state index in [-0.39, 0.29) is 12.5 Å². The van der Waals surface area contributed by atoms with Crippen LogP contribution in [0.4, 0.5) is 5.13 Å². The first kappa shape index (κ1) is 17.8. The van der Waals surface area contributed by atoms with Crippen molar-refractivity contribution in [3.05, 3.63) is 44.5 Å². The molecular formula is C18H18Cl2N4OS. The molecule has 3 aromatic rings. The van der Waals surface area contributed by atoms with Gasteiger partial charge in [0.1, 0.15) is 6.54 Å². The maximum absolute atomic E-state index is 12.6. The highest BCUT2D eigenvalue weighted by Gasteiger charge is 2.23. The molecule has 0 spiro atoms. The number of nitrogens with one attached hydrogen (secondary N) is 2. The number of rotatable bonds is 3. The molecule has 1 aromatic carbocycles. The minimum Gasteiger partial charge on any atom is -0.334 e. The van der Waals surface area contributed by atoms with E-state index in [1.165, 1.54) is 16.9 Å². The Kier molecular flexibility index (Phi) is 4.92. The van der Waals surface area contributed by atoms with E-state index >= 15 is 0 Å². The van der Waals surface area contributed by atoms with Gasteiger partial charge in [-0.2, -0.15) is 0 Å². The second-order valence-corrected chi connectivity index (χ2v) is 8.00. The predicted molar refractivity (Wildman–Crippen MR) is 108 cm³/mol. The van der Waals surface area contributed by atoms with Gasteiger partial charge < -0.3 is 15.2 Å². The van der Waals surface area contributed by atoms with Crippen LogP contribution in [-0.2, 0) is 24.2 Å². The Morgan fingerprint density at radius 1 is 1.35 bits per heavy atom. The molecule has 4 rings (SSSR count). The highest BCUT2D eigenvalue weighted by atomic mass is 35.5. The molecule has 0 unspecified atom stereocenters. The molecule has 0 radical (unpaired) electrons. The lowest BCUT2D eigenvalue weighted by atomic mass is 10.1. The zero-order valence-electron chi connectivity index (χ0n) is 14.2. The maximum Gasteiger partial charge on any atom is 0.246 e. The second kappa shape index (κ2) is 7.19. The highest BCUT2D eigenvalue weighted by molar-refractivity contribution is 7.13. The van der Waals surface area contributed by atoms with E-state index in [2.05, 4.69) is 15.6 Å². The standard InChI is InChI=1S/C18H18Cl2N4OS/c1-10-9-26-18(22-10)23-15(25)8-24-14-5-7-21-6-4-11(14)12-2-3-13(19)16(20)17(12)24/h2-3,9,21H,4-8H2,1H3,(H,22,23,25). The van der Waals surface area contributed by atoms with Crippen LogP contribution < -0.4 is 10.6 Å². The molecule has 8 heteroatoms. The average molecular weight is 409 g/mol. The number of benzene rings is 1. The van der Waals surface area contributed by atoms with Gasteiger partial charge in [0.15, 0.2) is 5.13 Å². The summed E-state index contributed by atoms with van der Waals surface area (Å²) < 4.78 is 2.02. The molecule has 2 N–H and O–H groups in total. The Bertz CT molecular complexity index is 995. The summed E-state index contributed by atoms with van der Waals surface area (Å²) in [6, 6.07) is 3.83. The first-order valence-electron chi connectivity index (χ1n) is 8.45. The van der Waals surface area contributed by atoms with E-state index in [0.717, 1.165) is 48.2 Å².